The van der Waals surface area contributed by atoms with Gasteiger partial charge in [0.15, 0.2) is 0 Å². The molecule has 0 saturated carbocycles. The SMILES string of the molecule is C/C=C\C1=C(/C=C\C)C2(CCN(C)CC2)OC(=O)N1. The number of piperidine rings is 1. The van der Waals surface area contributed by atoms with Crippen LogP contribution in [0.2, 0.25) is 0 Å². The molecule has 0 aromatic carbocycles. The minimum Gasteiger partial charge on any atom is -0.438 e. The van der Waals surface area contributed by atoms with E-state index in [1.807, 2.05) is 32.1 Å². The van der Waals surface area contributed by atoms with Crippen molar-refractivity contribution in [3.05, 3.63) is 35.6 Å². The van der Waals surface area contributed by atoms with Crippen LogP contribution in [0.25, 0.3) is 0 Å². The van der Waals surface area contributed by atoms with Crippen LogP contribution in [0.3, 0.4) is 0 Å². The fourth-order valence-electron chi connectivity index (χ4n) is 2.74. The number of hydrogen-bond donors (Lipinski definition) is 1. The van der Waals surface area contributed by atoms with Crippen LogP contribution >= 0.6 is 0 Å². The standard InChI is InChI=1S/C15H22N2O2/c1-4-6-12-13(7-5-2)16-14(18)19-15(12)8-10-17(3)11-9-15/h4-7H,8-11H2,1-3H3,(H,16,18)/b6-4-,7-5-. The summed E-state index contributed by atoms with van der Waals surface area (Å²) in [7, 11) is 2.10. The van der Waals surface area contributed by atoms with Crippen molar-refractivity contribution >= 4 is 6.09 Å². The number of nitrogens with zero attached hydrogens (tertiary/aromatic N) is 1. The van der Waals surface area contributed by atoms with Gasteiger partial charge < -0.3 is 9.64 Å². The van der Waals surface area contributed by atoms with Crippen molar-refractivity contribution in [2.75, 3.05) is 20.1 Å². The summed E-state index contributed by atoms with van der Waals surface area (Å²) in [5.41, 5.74) is 1.48. The van der Waals surface area contributed by atoms with Gasteiger partial charge >= 0.3 is 6.09 Å². The van der Waals surface area contributed by atoms with Gasteiger partial charge in [-0.15, -0.1) is 0 Å². The lowest BCUT2D eigenvalue weighted by Gasteiger charge is -2.43. The quantitative estimate of drug-likeness (QED) is 0.831. The molecule has 2 aliphatic heterocycles. The fourth-order valence-corrected chi connectivity index (χ4v) is 2.74. The molecule has 2 heterocycles. The number of ether oxygens (including phenoxy) is 1. The molecule has 4 nitrogen and oxygen atoms in total. The molecule has 1 fully saturated rings. The molecule has 104 valence electrons. The second-order valence-electron chi connectivity index (χ2n) is 5.14. The largest absolute Gasteiger partial charge is 0.438 e. The van der Waals surface area contributed by atoms with Crippen molar-refractivity contribution in [2.45, 2.75) is 32.3 Å². The van der Waals surface area contributed by atoms with E-state index >= 15 is 0 Å². The van der Waals surface area contributed by atoms with Crippen molar-refractivity contribution in [1.29, 1.82) is 0 Å². The molecule has 1 spiro atoms. The topological polar surface area (TPSA) is 41.6 Å². The molecule has 1 N–H and O–H groups in total. The normalized spacial score (nSPS) is 24.3. The van der Waals surface area contributed by atoms with Gasteiger partial charge in [0.2, 0.25) is 0 Å². The Morgan fingerprint density at radius 3 is 2.42 bits per heavy atom. The van der Waals surface area contributed by atoms with Gasteiger partial charge in [-0.25, -0.2) is 4.79 Å². The summed E-state index contributed by atoms with van der Waals surface area (Å²) in [6.07, 6.45) is 9.28. The van der Waals surface area contributed by atoms with Gasteiger partial charge in [-0.2, -0.15) is 0 Å². The molecule has 0 unspecified atom stereocenters. The zero-order valence-corrected chi connectivity index (χ0v) is 11.9. The molecule has 2 aliphatic rings. The van der Waals surface area contributed by atoms with Gasteiger partial charge in [0.25, 0.3) is 0 Å². The number of amides is 1. The zero-order chi connectivity index (χ0) is 13.9. The predicted molar refractivity (Wildman–Crippen MR) is 75.7 cm³/mol. The first-order valence-corrected chi connectivity index (χ1v) is 6.80. The third kappa shape index (κ3) is 2.73. The van der Waals surface area contributed by atoms with E-state index in [0.717, 1.165) is 37.2 Å². The van der Waals surface area contributed by atoms with Crippen LogP contribution in [0.1, 0.15) is 26.7 Å². The molecule has 2 rings (SSSR count). The molecule has 0 aromatic heterocycles. The van der Waals surface area contributed by atoms with Crippen molar-refractivity contribution in [1.82, 2.24) is 10.2 Å². The molecule has 0 aliphatic carbocycles. The summed E-state index contributed by atoms with van der Waals surface area (Å²) in [4.78, 5) is 14.1. The number of carbonyl (C=O) groups is 1. The first-order valence-electron chi connectivity index (χ1n) is 6.80. The third-order valence-electron chi connectivity index (χ3n) is 3.77. The Balaban J connectivity index is 2.44. The highest BCUT2D eigenvalue weighted by Gasteiger charge is 2.44. The van der Waals surface area contributed by atoms with E-state index in [1.54, 1.807) is 0 Å². The summed E-state index contributed by atoms with van der Waals surface area (Å²) in [6.45, 7) is 5.82. The minimum atomic E-state index is -0.462. The number of nitrogens with one attached hydrogen (secondary N) is 1. The Morgan fingerprint density at radius 1 is 1.21 bits per heavy atom. The Morgan fingerprint density at radius 2 is 1.84 bits per heavy atom. The van der Waals surface area contributed by atoms with E-state index in [4.69, 9.17) is 4.74 Å². The van der Waals surface area contributed by atoms with E-state index in [2.05, 4.69) is 23.3 Å². The smallest absolute Gasteiger partial charge is 0.412 e. The van der Waals surface area contributed by atoms with Crippen LogP contribution in [0.15, 0.2) is 35.6 Å². The van der Waals surface area contributed by atoms with E-state index in [1.165, 1.54) is 0 Å². The van der Waals surface area contributed by atoms with E-state index in [-0.39, 0.29) is 6.09 Å². The second-order valence-corrected chi connectivity index (χ2v) is 5.14. The maximum Gasteiger partial charge on any atom is 0.412 e. The molecule has 19 heavy (non-hydrogen) atoms. The van der Waals surface area contributed by atoms with Gasteiger partial charge in [0.1, 0.15) is 5.60 Å². The zero-order valence-electron chi connectivity index (χ0n) is 11.9. The van der Waals surface area contributed by atoms with Crippen LogP contribution in [-0.2, 0) is 4.74 Å². The average molecular weight is 262 g/mol. The van der Waals surface area contributed by atoms with Gasteiger partial charge in [0, 0.05) is 31.5 Å². The van der Waals surface area contributed by atoms with Crippen molar-refractivity contribution in [2.24, 2.45) is 0 Å². The summed E-state index contributed by atoms with van der Waals surface area (Å²) < 4.78 is 5.69. The minimum absolute atomic E-state index is 0.342. The summed E-state index contributed by atoms with van der Waals surface area (Å²) in [5.74, 6) is 0. The van der Waals surface area contributed by atoms with Crippen LogP contribution < -0.4 is 5.32 Å². The summed E-state index contributed by atoms with van der Waals surface area (Å²) >= 11 is 0. The molecular weight excluding hydrogens is 240 g/mol. The van der Waals surface area contributed by atoms with Crippen LogP contribution in [0.4, 0.5) is 4.79 Å². The first kappa shape index (κ1) is 13.9. The van der Waals surface area contributed by atoms with Crippen molar-refractivity contribution in [3.8, 4) is 0 Å². The Labute approximate surface area is 114 Å². The lowest BCUT2D eigenvalue weighted by atomic mass is 9.81. The number of carbonyl (C=O) groups excluding carboxylic acids is 1. The molecule has 0 aromatic rings. The number of rotatable bonds is 2. The van der Waals surface area contributed by atoms with Gasteiger partial charge in [-0.3, -0.25) is 5.32 Å². The lowest BCUT2D eigenvalue weighted by molar-refractivity contribution is -0.00817. The molecule has 1 saturated heterocycles. The monoisotopic (exact) mass is 262 g/mol. The highest BCUT2D eigenvalue weighted by molar-refractivity contribution is 5.74. The van der Waals surface area contributed by atoms with Gasteiger partial charge in [-0.1, -0.05) is 18.2 Å². The van der Waals surface area contributed by atoms with E-state index in [0.29, 0.717) is 0 Å². The number of hydrogen-bond acceptors (Lipinski definition) is 3. The molecule has 0 radical (unpaired) electrons. The molecule has 4 heteroatoms. The summed E-state index contributed by atoms with van der Waals surface area (Å²) in [5, 5.41) is 2.80. The van der Waals surface area contributed by atoms with Crippen LogP contribution in [-0.4, -0.2) is 36.7 Å². The molecule has 0 atom stereocenters. The number of alkyl carbamates (subject to hydrolysis) is 1. The molecular formula is C15H22N2O2. The second kappa shape index (κ2) is 5.61. The lowest BCUT2D eigenvalue weighted by Crippen LogP contribution is -2.52. The first-order chi connectivity index (χ1) is 9.11. The average Bonchev–Trinajstić information content (AvgIpc) is 2.38. The fraction of sp³-hybridized carbons (Fsp3) is 0.533. The molecule has 1 amide bonds. The maximum absolute atomic E-state index is 11.8. The highest BCUT2D eigenvalue weighted by atomic mass is 16.6. The number of allylic oxidation sites excluding steroid dienone is 3. The Kier molecular flexibility index (Phi) is 4.10. The Hall–Kier alpha value is -1.55. The van der Waals surface area contributed by atoms with Gasteiger partial charge in [0.05, 0.1) is 5.70 Å². The van der Waals surface area contributed by atoms with Gasteiger partial charge in [-0.05, 0) is 27.0 Å². The predicted octanol–water partition coefficient (Wildman–Crippen LogP) is 2.60. The Bertz CT molecular complexity index is 441. The van der Waals surface area contributed by atoms with Crippen molar-refractivity contribution in [3.63, 3.8) is 0 Å². The van der Waals surface area contributed by atoms with Crippen LogP contribution in [0.5, 0.6) is 0 Å². The number of likely N-dealkylation sites (tertiary alicyclic amines) is 1. The van der Waals surface area contributed by atoms with Crippen LogP contribution in [0, 0.1) is 0 Å². The maximum atomic E-state index is 11.8. The highest BCUT2D eigenvalue weighted by Crippen LogP contribution is 2.38. The molecule has 0 bridgehead atoms. The summed E-state index contributed by atoms with van der Waals surface area (Å²) in [6, 6.07) is 0. The van der Waals surface area contributed by atoms with Crippen molar-refractivity contribution < 1.29 is 9.53 Å². The van der Waals surface area contributed by atoms with E-state index in [9.17, 15) is 4.79 Å². The van der Waals surface area contributed by atoms with E-state index < -0.39 is 5.60 Å². The third-order valence-corrected chi connectivity index (χ3v) is 3.77.